The van der Waals surface area contributed by atoms with E-state index in [1.54, 1.807) is 18.2 Å². The Morgan fingerprint density at radius 1 is 1.04 bits per heavy atom. The Balaban J connectivity index is 2.22. The predicted octanol–water partition coefficient (Wildman–Crippen LogP) is 4.77. The molecule has 0 spiro atoms. The zero-order valence-electron chi connectivity index (χ0n) is 11.9. The Kier molecular flexibility index (Phi) is 4.09. The van der Waals surface area contributed by atoms with Crippen LogP contribution in [0, 0.1) is 17.1 Å². The average Bonchev–Trinajstić information content (AvgIpc) is 2.55. The molecule has 112 valence electrons. The summed E-state index contributed by atoms with van der Waals surface area (Å²) in [6.45, 7) is 0. The third-order valence-electron chi connectivity index (χ3n) is 3.43. The fourth-order valence-corrected chi connectivity index (χ4v) is 2.60. The SMILES string of the molecule is N#Cc1c(-c2ccc(Br)cc2)cc(-c2cccc(F)c2)nc1N. The van der Waals surface area contributed by atoms with Crippen LogP contribution in [0.3, 0.4) is 0 Å². The van der Waals surface area contributed by atoms with Crippen LogP contribution in [-0.4, -0.2) is 4.98 Å². The molecular weight excluding hydrogens is 357 g/mol. The molecule has 0 bridgehead atoms. The highest BCUT2D eigenvalue weighted by atomic mass is 79.9. The van der Waals surface area contributed by atoms with Crippen LogP contribution >= 0.6 is 15.9 Å². The molecule has 0 radical (unpaired) electrons. The Hall–Kier alpha value is -2.71. The third-order valence-corrected chi connectivity index (χ3v) is 3.96. The van der Waals surface area contributed by atoms with Crippen LogP contribution < -0.4 is 5.73 Å². The number of rotatable bonds is 2. The second-order valence-corrected chi connectivity index (χ2v) is 5.86. The molecule has 0 aliphatic carbocycles. The number of aromatic nitrogens is 1. The van der Waals surface area contributed by atoms with E-state index in [0.29, 0.717) is 22.4 Å². The van der Waals surface area contributed by atoms with Gasteiger partial charge < -0.3 is 5.73 Å². The molecule has 2 N–H and O–H groups in total. The highest BCUT2D eigenvalue weighted by Gasteiger charge is 2.13. The predicted molar refractivity (Wildman–Crippen MR) is 91.9 cm³/mol. The molecule has 0 saturated carbocycles. The first kappa shape index (κ1) is 15.2. The van der Waals surface area contributed by atoms with Gasteiger partial charge in [0.2, 0.25) is 0 Å². The van der Waals surface area contributed by atoms with Crippen molar-refractivity contribution in [3.05, 3.63) is 70.5 Å². The largest absolute Gasteiger partial charge is 0.383 e. The Morgan fingerprint density at radius 2 is 1.78 bits per heavy atom. The van der Waals surface area contributed by atoms with Crippen molar-refractivity contribution in [3.8, 4) is 28.5 Å². The average molecular weight is 368 g/mol. The first-order valence-corrected chi connectivity index (χ1v) is 7.60. The van der Waals surface area contributed by atoms with Crippen molar-refractivity contribution in [3.63, 3.8) is 0 Å². The molecule has 5 heteroatoms. The van der Waals surface area contributed by atoms with Crippen LogP contribution in [0.15, 0.2) is 59.1 Å². The van der Waals surface area contributed by atoms with Crippen molar-refractivity contribution >= 4 is 21.7 Å². The van der Waals surface area contributed by atoms with Gasteiger partial charge in [-0.3, -0.25) is 0 Å². The smallest absolute Gasteiger partial charge is 0.142 e. The molecule has 3 aromatic rings. The van der Waals surface area contributed by atoms with Crippen LogP contribution in [0.25, 0.3) is 22.4 Å². The number of anilines is 1. The topological polar surface area (TPSA) is 62.7 Å². The van der Waals surface area contributed by atoms with E-state index in [9.17, 15) is 9.65 Å². The zero-order chi connectivity index (χ0) is 16.4. The fraction of sp³-hybridized carbons (Fsp3) is 0. The zero-order valence-corrected chi connectivity index (χ0v) is 13.5. The summed E-state index contributed by atoms with van der Waals surface area (Å²) in [5.41, 5.74) is 8.91. The number of hydrogen-bond acceptors (Lipinski definition) is 3. The Labute approximate surface area is 141 Å². The van der Waals surface area contributed by atoms with Gasteiger partial charge in [0, 0.05) is 15.6 Å². The van der Waals surface area contributed by atoms with Crippen molar-refractivity contribution < 1.29 is 4.39 Å². The Morgan fingerprint density at radius 3 is 2.43 bits per heavy atom. The van der Waals surface area contributed by atoms with E-state index < -0.39 is 0 Å². The standard InChI is InChI=1S/C18H11BrFN3/c19-13-6-4-11(5-7-13)15-9-17(23-18(22)16(15)10-21)12-2-1-3-14(20)8-12/h1-9H,(H2,22,23). The lowest BCUT2D eigenvalue weighted by molar-refractivity contribution is 0.628. The van der Waals surface area contributed by atoms with Gasteiger partial charge in [-0.2, -0.15) is 5.26 Å². The maximum atomic E-state index is 13.5. The van der Waals surface area contributed by atoms with E-state index in [1.165, 1.54) is 12.1 Å². The first-order valence-electron chi connectivity index (χ1n) is 6.81. The summed E-state index contributed by atoms with van der Waals surface area (Å²) >= 11 is 3.38. The van der Waals surface area contributed by atoms with Gasteiger partial charge in [-0.05, 0) is 35.9 Å². The number of pyridine rings is 1. The number of hydrogen-bond donors (Lipinski definition) is 1. The second-order valence-electron chi connectivity index (χ2n) is 4.94. The molecule has 0 fully saturated rings. The lowest BCUT2D eigenvalue weighted by atomic mass is 9.98. The van der Waals surface area contributed by atoms with Gasteiger partial charge in [-0.15, -0.1) is 0 Å². The summed E-state index contributed by atoms with van der Waals surface area (Å²) < 4.78 is 14.4. The van der Waals surface area contributed by atoms with E-state index in [0.717, 1.165) is 10.0 Å². The number of halogens is 2. The van der Waals surface area contributed by atoms with E-state index in [4.69, 9.17) is 5.73 Å². The minimum Gasteiger partial charge on any atom is -0.383 e. The van der Waals surface area contributed by atoms with Crippen LogP contribution in [0.5, 0.6) is 0 Å². The fourth-order valence-electron chi connectivity index (χ4n) is 2.34. The van der Waals surface area contributed by atoms with Gasteiger partial charge in [0.1, 0.15) is 23.3 Å². The monoisotopic (exact) mass is 367 g/mol. The van der Waals surface area contributed by atoms with Gasteiger partial charge in [-0.25, -0.2) is 9.37 Å². The van der Waals surface area contributed by atoms with Crippen molar-refractivity contribution in [1.82, 2.24) is 4.98 Å². The second kappa shape index (κ2) is 6.19. The van der Waals surface area contributed by atoms with Gasteiger partial charge in [0.25, 0.3) is 0 Å². The lowest BCUT2D eigenvalue weighted by Crippen LogP contribution is -1.99. The molecule has 0 saturated heterocycles. The summed E-state index contributed by atoms with van der Waals surface area (Å²) in [6, 6.07) is 17.5. The van der Waals surface area contributed by atoms with E-state index in [2.05, 4.69) is 27.0 Å². The molecule has 3 rings (SSSR count). The normalized spacial score (nSPS) is 10.3. The third kappa shape index (κ3) is 3.08. The van der Waals surface area contributed by atoms with Gasteiger partial charge in [0.15, 0.2) is 0 Å². The maximum absolute atomic E-state index is 13.5. The number of nitriles is 1. The summed E-state index contributed by atoms with van der Waals surface area (Å²) in [5.74, 6) is -0.218. The molecule has 3 nitrogen and oxygen atoms in total. The summed E-state index contributed by atoms with van der Waals surface area (Å²) in [5, 5.41) is 9.38. The van der Waals surface area contributed by atoms with Crippen molar-refractivity contribution in [1.29, 1.82) is 5.26 Å². The summed E-state index contributed by atoms with van der Waals surface area (Å²) in [4.78, 5) is 4.24. The van der Waals surface area contributed by atoms with Crippen molar-refractivity contribution in [2.45, 2.75) is 0 Å². The van der Waals surface area contributed by atoms with E-state index in [1.807, 2.05) is 24.3 Å². The molecule has 1 heterocycles. The number of nitrogens with zero attached hydrogens (tertiary/aromatic N) is 2. The maximum Gasteiger partial charge on any atom is 0.142 e. The molecule has 0 atom stereocenters. The lowest BCUT2D eigenvalue weighted by Gasteiger charge is -2.10. The Bertz CT molecular complexity index is 915. The minimum atomic E-state index is -0.350. The number of nitrogen functional groups attached to an aromatic ring is 1. The van der Waals surface area contributed by atoms with Crippen LogP contribution in [0.2, 0.25) is 0 Å². The molecule has 2 aromatic carbocycles. The molecular formula is C18H11BrFN3. The van der Waals surface area contributed by atoms with Crippen LogP contribution in [0.1, 0.15) is 5.56 Å². The summed E-state index contributed by atoms with van der Waals surface area (Å²) in [6.07, 6.45) is 0. The number of nitrogens with two attached hydrogens (primary N) is 1. The van der Waals surface area contributed by atoms with Crippen LogP contribution in [0.4, 0.5) is 10.2 Å². The van der Waals surface area contributed by atoms with Crippen molar-refractivity contribution in [2.24, 2.45) is 0 Å². The minimum absolute atomic E-state index is 0.132. The highest BCUT2D eigenvalue weighted by molar-refractivity contribution is 9.10. The first-order chi connectivity index (χ1) is 11.1. The van der Waals surface area contributed by atoms with Crippen LogP contribution in [-0.2, 0) is 0 Å². The molecule has 0 aliphatic rings. The van der Waals surface area contributed by atoms with Gasteiger partial charge >= 0.3 is 0 Å². The molecule has 1 aromatic heterocycles. The van der Waals surface area contributed by atoms with Gasteiger partial charge in [0.05, 0.1) is 5.69 Å². The molecule has 0 aliphatic heterocycles. The molecule has 23 heavy (non-hydrogen) atoms. The molecule has 0 amide bonds. The summed E-state index contributed by atoms with van der Waals surface area (Å²) in [7, 11) is 0. The quantitative estimate of drug-likeness (QED) is 0.709. The van der Waals surface area contributed by atoms with E-state index >= 15 is 0 Å². The van der Waals surface area contributed by atoms with Gasteiger partial charge in [-0.1, -0.05) is 40.2 Å². The van der Waals surface area contributed by atoms with Crippen molar-refractivity contribution in [2.75, 3.05) is 5.73 Å². The highest BCUT2D eigenvalue weighted by Crippen LogP contribution is 2.31. The molecule has 0 unspecified atom stereocenters. The number of benzene rings is 2. The van der Waals surface area contributed by atoms with E-state index in [-0.39, 0.29) is 11.6 Å².